The van der Waals surface area contributed by atoms with Crippen molar-refractivity contribution in [2.24, 2.45) is 0 Å². The van der Waals surface area contributed by atoms with Crippen LogP contribution in [-0.4, -0.2) is 20.9 Å². The number of hydrogen-bond donors (Lipinski definition) is 1. The Morgan fingerprint density at radius 2 is 2.13 bits per heavy atom. The number of carbonyl (C=O) groups excluding carboxylic acids is 1. The van der Waals surface area contributed by atoms with E-state index in [1.807, 2.05) is 0 Å². The number of anilines is 1. The molecule has 2 heterocycles. The average molecular weight is 334 g/mol. The molecule has 1 aliphatic rings. The molecule has 23 heavy (non-hydrogen) atoms. The summed E-state index contributed by atoms with van der Waals surface area (Å²) < 4.78 is 32.9. The third-order valence-corrected chi connectivity index (χ3v) is 5.48. The van der Waals surface area contributed by atoms with Gasteiger partial charge in [-0.15, -0.1) is 0 Å². The maximum absolute atomic E-state index is 12.5. The third kappa shape index (κ3) is 3.02. The first kappa shape index (κ1) is 15.8. The first-order valence-electron chi connectivity index (χ1n) is 7.35. The van der Waals surface area contributed by atoms with Gasteiger partial charge in [-0.25, -0.2) is 13.1 Å². The Labute approximate surface area is 135 Å². The van der Waals surface area contributed by atoms with Crippen LogP contribution in [-0.2, 0) is 21.2 Å². The van der Waals surface area contributed by atoms with Crippen LogP contribution in [0.15, 0.2) is 45.9 Å². The lowest BCUT2D eigenvalue weighted by Gasteiger charge is -2.16. The Morgan fingerprint density at radius 1 is 1.35 bits per heavy atom. The van der Waals surface area contributed by atoms with E-state index in [-0.39, 0.29) is 10.8 Å². The number of hydrogen-bond acceptors (Lipinski definition) is 4. The fourth-order valence-electron chi connectivity index (χ4n) is 2.77. The number of carbonyl (C=O) groups is 1. The van der Waals surface area contributed by atoms with Gasteiger partial charge in [-0.2, -0.15) is 0 Å². The van der Waals surface area contributed by atoms with Crippen LogP contribution in [0.3, 0.4) is 0 Å². The van der Waals surface area contributed by atoms with E-state index >= 15 is 0 Å². The minimum absolute atomic E-state index is 0.0380. The van der Waals surface area contributed by atoms with Crippen LogP contribution in [0.4, 0.5) is 5.69 Å². The molecule has 0 saturated carbocycles. The molecule has 1 aliphatic heterocycles. The molecular formula is C16H18N2O4S. The van der Waals surface area contributed by atoms with Crippen molar-refractivity contribution in [3.8, 4) is 0 Å². The van der Waals surface area contributed by atoms with Gasteiger partial charge in [0.25, 0.3) is 0 Å². The summed E-state index contributed by atoms with van der Waals surface area (Å²) in [6, 6.07) is 7.83. The Bertz CT molecular complexity index is 828. The number of nitrogens with one attached hydrogen (secondary N) is 1. The highest BCUT2D eigenvalue weighted by molar-refractivity contribution is 7.89. The summed E-state index contributed by atoms with van der Waals surface area (Å²) in [5.74, 6) is 0.515. The summed E-state index contributed by atoms with van der Waals surface area (Å²) in [6.07, 6.45) is 2.16. The number of furan rings is 1. The predicted octanol–water partition coefficient (Wildman–Crippen LogP) is 2.23. The largest absolute Gasteiger partial charge is 0.468 e. The molecular weight excluding hydrogens is 316 g/mol. The first-order valence-corrected chi connectivity index (χ1v) is 8.83. The van der Waals surface area contributed by atoms with Gasteiger partial charge in [0.05, 0.1) is 17.2 Å². The zero-order chi connectivity index (χ0) is 16.6. The summed E-state index contributed by atoms with van der Waals surface area (Å²) in [6.45, 7) is 3.82. The van der Waals surface area contributed by atoms with Crippen molar-refractivity contribution in [1.29, 1.82) is 0 Å². The van der Waals surface area contributed by atoms with Crippen LogP contribution in [0.25, 0.3) is 0 Å². The van der Waals surface area contributed by atoms with Crippen LogP contribution in [0.5, 0.6) is 0 Å². The summed E-state index contributed by atoms with van der Waals surface area (Å²) in [7, 11) is -3.66. The topological polar surface area (TPSA) is 79.6 Å². The van der Waals surface area contributed by atoms with Crippen LogP contribution in [0, 0.1) is 0 Å². The molecule has 6 nitrogen and oxygen atoms in total. The van der Waals surface area contributed by atoms with Gasteiger partial charge in [0, 0.05) is 19.2 Å². The van der Waals surface area contributed by atoms with E-state index < -0.39 is 16.1 Å². The summed E-state index contributed by atoms with van der Waals surface area (Å²) in [5, 5.41) is 0. The number of amides is 1. The second-order valence-electron chi connectivity index (χ2n) is 5.57. The van der Waals surface area contributed by atoms with Crippen LogP contribution < -0.4 is 9.62 Å². The molecule has 1 aromatic carbocycles. The van der Waals surface area contributed by atoms with E-state index in [0.717, 1.165) is 11.3 Å². The lowest BCUT2D eigenvalue weighted by molar-refractivity contribution is -0.116. The van der Waals surface area contributed by atoms with Crippen LogP contribution >= 0.6 is 0 Å². The van der Waals surface area contributed by atoms with Gasteiger partial charge in [-0.1, -0.05) is 0 Å². The molecule has 1 atom stereocenters. The second kappa shape index (κ2) is 5.82. The molecule has 2 aromatic rings. The molecule has 0 aliphatic carbocycles. The van der Waals surface area contributed by atoms with Gasteiger partial charge >= 0.3 is 0 Å². The number of fused-ring (bicyclic) bond motifs is 1. The average Bonchev–Trinajstić information content (AvgIpc) is 3.15. The molecule has 1 amide bonds. The Hall–Kier alpha value is -2.12. The zero-order valence-corrected chi connectivity index (χ0v) is 13.8. The predicted molar refractivity (Wildman–Crippen MR) is 85.6 cm³/mol. The smallest absolute Gasteiger partial charge is 0.241 e. The molecule has 0 saturated heterocycles. The molecule has 1 N–H and O–H groups in total. The van der Waals surface area contributed by atoms with Gasteiger partial charge in [0.2, 0.25) is 15.9 Å². The standard InChI is InChI=1S/C16H18N2O4S/c1-11(16-4-3-9-22-16)17-23(20,21)14-5-6-15-13(10-14)7-8-18(15)12(2)19/h3-6,9-11,17H,7-8H2,1-2H3/t11-/m1/s1. The SMILES string of the molecule is CC(=O)N1CCc2cc(S(=O)(=O)N[C@H](C)c3ccco3)ccc21. The summed E-state index contributed by atoms with van der Waals surface area (Å²) >= 11 is 0. The van der Waals surface area contributed by atoms with Crippen LogP contribution in [0.1, 0.15) is 31.2 Å². The number of nitrogens with zero attached hydrogens (tertiary/aromatic N) is 1. The maximum Gasteiger partial charge on any atom is 0.241 e. The molecule has 122 valence electrons. The Kier molecular flexibility index (Phi) is 3.99. The van der Waals surface area contributed by atoms with Gasteiger partial charge < -0.3 is 9.32 Å². The van der Waals surface area contributed by atoms with Crippen molar-refractivity contribution in [3.63, 3.8) is 0 Å². The van der Waals surface area contributed by atoms with Crippen molar-refractivity contribution < 1.29 is 17.6 Å². The van der Waals surface area contributed by atoms with Crippen molar-refractivity contribution in [2.45, 2.75) is 31.2 Å². The highest BCUT2D eigenvalue weighted by atomic mass is 32.2. The highest BCUT2D eigenvalue weighted by Crippen LogP contribution is 2.30. The number of benzene rings is 1. The Morgan fingerprint density at radius 3 is 2.78 bits per heavy atom. The normalized spacial score (nSPS) is 15.5. The van der Waals surface area contributed by atoms with E-state index in [4.69, 9.17) is 4.42 Å². The third-order valence-electron chi connectivity index (χ3n) is 3.94. The van der Waals surface area contributed by atoms with Crippen molar-refractivity contribution in [1.82, 2.24) is 4.72 Å². The van der Waals surface area contributed by atoms with E-state index in [1.165, 1.54) is 19.3 Å². The molecule has 0 radical (unpaired) electrons. The van der Waals surface area contributed by atoms with E-state index in [0.29, 0.717) is 18.7 Å². The van der Waals surface area contributed by atoms with E-state index in [1.54, 1.807) is 36.1 Å². The number of rotatable bonds is 4. The van der Waals surface area contributed by atoms with Gasteiger partial charge in [0.1, 0.15) is 5.76 Å². The van der Waals surface area contributed by atoms with E-state index in [9.17, 15) is 13.2 Å². The Balaban J connectivity index is 1.86. The molecule has 0 unspecified atom stereocenters. The monoisotopic (exact) mass is 334 g/mol. The molecule has 7 heteroatoms. The van der Waals surface area contributed by atoms with Crippen molar-refractivity contribution in [3.05, 3.63) is 47.9 Å². The maximum atomic E-state index is 12.5. The number of sulfonamides is 1. The minimum atomic E-state index is -3.66. The first-order chi connectivity index (χ1) is 10.9. The summed E-state index contributed by atoms with van der Waals surface area (Å²) in [5.41, 5.74) is 1.66. The van der Waals surface area contributed by atoms with Crippen molar-refractivity contribution >= 4 is 21.6 Å². The molecule has 0 bridgehead atoms. The molecule has 1 aromatic heterocycles. The fourth-order valence-corrected chi connectivity index (χ4v) is 4.03. The highest BCUT2D eigenvalue weighted by Gasteiger charge is 2.26. The minimum Gasteiger partial charge on any atom is -0.468 e. The van der Waals surface area contributed by atoms with Gasteiger partial charge in [0.15, 0.2) is 0 Å². The molecule has 0 spiro atoms. The van der Waals surface area contributed by atoms with Crippen molar-refractivity contribution in [2.75, 3.05) is 11.4 Å². The lowest BCUT2D eigenvalue weighted by atomic mass is 10.2. The second-order valence-corrected chi connectivity index (χ2v) is 7.28. The molecule has 3 rings (SSSR count). The van der Waals surface area contributed by atoms with Crippen LogP contribution in [0.2, 0.25) is 0 Å². The van der Waals surface area contributed by atoms with Gasteiger partial charge in [-0.05, 0) is 49.2 Å². The quantitative estimate of drug-likeness (QED) is 0.930. The lowest BCUT2D eigenvalue weighted by Crippen LogP contribution is -2.27. The molecule has 0 fully saturated rings. The van der Waals surface area contributed by atoms with Gasteiger partial charge in [-0.3, -0.25) is 4.79 Å². The van der Waals surface area contributed by atoms with E-state index in [2.05, 4.69) is 4.72 Å². The summed E-state index contributed by atoms with van der Waals surface area (Å²) in [4.78, 5) is 13.4. The fraction of sp³-hybridized carbons (Fsp3) is 0.312. The zero-order valence-electron chi connectivity index (χ0n) is 12.9.